The number of hydrogen-bond acceptors (Lipinski definition) is 3. The molecule has 20 heavy (non-hydrogen) atoms. The second kappa shape index (κ2) is 5.72. The van der Waals surface area contributed by atoms with Gasteiger partial charge in [-0.25, -0.2) is 0 Å². The third-order valence-electron chi connectivity index (χ3n) is 3.80. The van der Waals surface area contributed by atoms with Crippen molar-refractivity contribution in [1.29, 1.82) is 0 Å². The van der Waals surface area contributed by atoms with Gasteiger partial charge in [-0.15, -0.1) is 11.3 Å². The van der Waals surface area contributed by atoms with Crippen LogP contribution in [0.2, 0.25) is 4.34 Å². The van der Waals surface area contributed by atoms with Crippen LogP contribution in [0.5, 0.6) is 0 Å². The standard InChI is InChI=1S/C15H17ClN2OS/c1-9(13-6-7-14(16)20-13)17-11-3-2-4-12-10(11)5-8-15(19)18-12/h5-9,11,17H,2-4H2,1H3,(H,18,19). The van der Waals surface area contributed by atoms with Crippen LogP contribution in [0.25, 0.3) is 0 Å². The Bertz CT molecular complexity index is 664. The molecule has 1 aliphatic rings. The molecule has 0 saturated carbocycles. The van der Waals surface area contributed by atoms with Crippen molar-refractivity contribution >= 4 is 22.9 Å². The molecule has 0 aromatic carbocycles. The summed E-state index contributed by atoms with van der Waals surface area (Å²) >= 11 is 7.61. The van der Waals surface area contributed by atoms with E-state index >= 15 is 0 Å². The van der Waals surface area contributed by atoms with Crippen molar-refractivity contribution in [3.8, 4) is 0 Å². The van der Waals surface area contributed by atoms with Crippen molar-refractivity contribution in [2.75, 3.05) is 0 Å². The van der Waals surface area contributed by atoms with Crippen LogP contribution >= 0.6 is 22.9 Å². The predicted octanol–water partition coefficient (Wildman–Crippen LogP) is 3.82. The minimum atomic E-state index is -0.0116. The summed E-state index contributed by atoms with van der Waals surface area (Å²) in [6.45, 7) is 2.15. The molecule has 2 aromatic rings. The highest BCUT2D eigenvalue weighted by Crippen LogP contribution is 2.32. The summed E-state index contributed by atoms with van der Waals surface area (Å²) in [5.41, 5.74) is 2.30. The Labute approximate surface area is 127 Å². The number of hydrogen-bond donors (Lipinski definition) is 2. The normalized spacial score (nSPS) is 19.6. The summed E-state index contributed by atoms with van der Waals surface area (Å²) in [7, 11) is 0. The molecule has 0 aliphatic heterocycles. The van der Waals surface area contributed by atoms with E-state index in [1.807, 2.05) is 12.1 Å². The lowest BCUT2D eigenvalue weighted by Crippen LogP contribution is -2.29. The van der Waals surface area contributed by atoms with Crippen molar-refractivity contribution in [1.82, 2.24) is 10.3 Å². The molecule has 0 radical (unpaired) electrons. The fourth-order valence-corrected chi connectivity index (χ4v) is 3.89. The Morgan fingerprint density at radius 3 is 3.00 bits per heavy atom. The molecule has 3 rings (SSSR count). The van der Waals surface area contributed by atoms with Crippen molar-refractivity contribution in [3.63, 3.8) is 0 Å². The number of rotatable bonds is 3. The molecule has 2 aromatic heterocycles. The largest absolute Gasteiger partial charge is 0.326 e. The maximum Gasteiger partial charge on any atom is 0.248 e. The van der Waals surface area contributed by atoms with Crippen LogP contribution < -0.4 is 10.9 Å². The fourth-order valence-electron chi connectivity index (χ4n) is 2.82. The van der Waals surface area contributed by atoms with Crippen LogP contribution in [0, 0.1) is 0 Å². The lowest BCUT2D eigenvalue weighted by Gasteiger charge is -2.28. The number of aryl methyl sites for hydroxylation is 1. The summed E-state index contributed by atoms with van der Waals surface area (Å²) in [4.78, 5) is 15.6. The maximum absolute atomic E-state index is 11.4. The highest BCUT2D eigenvalue weighted by atomic mass is 35.5. The van der Waals surface area contributed by atoms with Gasteiger partial charge < -0.3 is 10.3 Å². The van der Waals surface area contributed by atoms with Crippen LogP contribution in [0.15, 0.2) is 29.1 Å². The smallest absolute Gasteiger partial charge is 0.248 e. The number of pyridine rings is 1. The molecule has 106 valence electrons. The van der Waals surface area contributed by atoms with Gasteiger partial charge in [-0.2, -0.15) is 0 Å². The minimum Gasteiger partial charge on any atom is -0.326 e. The molecule has 5 heteroatoms. The molecule has 0 fully saturated rings. The van der Waals surface area contributed by atoms with E-state index in [4.69, 9.17) is 11.6 Å². The summed E-state index contributed by atoms with van der Waals surface area (Å²) in [6, 6.07) is 8.14. The molecule has 1 aliphatic carbocycles. The number of nitrogens with one attached hydrogen (secondary N) is 2. The second-order valence-corrected chi connectivity index (χ2v) is 6.98. The zero-order valence-electron chi connectivity index (χ0n) is 11.3. The molecule has 0 amide bonds. The molecule has 2 heterocycles. The highest BCUT2D eigenvalue weighted by molar-refractivity contribution is 7.16. The fraction of sp³-hybridized carbons (Fsp3) is 0.400. The van der Waals surface area contributed by atoms with Gasteiger partial charge in [0.25, 0.3) is 0 Å². The monoisotopic (exact) mass is 308 g/mol. The molecule has 2 unspecified atom stereocenters. The van der Waals surface area contributed by atoms with E-state index in [1.54, 1.807) is 17.4 Å². The van der Waals surface area contributed by atoms with Gasteiger partial charge in [0.05, 0.1) is 4.34 Å². The number of aromatic nitrogens is 1. The van der Waals surface area contributed by atoms with E-state index in [9.17, 15) is 4.79 Å². The zero-order chi connectivity index (χ0) is 14.1. The first-order valence-electron chi connectivity index (χ1n) is 6.87. The van der Waals surface area contributed by atoms with Gasteiger partial charge in [-0.3, -0.25) is 4.79 Å². The Morgan fingerprint density at radius 2 is 2.25 bits per heavy atom. The van der Waals surface area contributed by atoms with E-state index < -0.39 is 0 Å². The van der Waals surface area contributed by atoms with E-state index in [0.717, 1.165) is 29.3 Å². The first kappa shape index (κ1) is 13.9. The molecular weight excluding hydrogens is 292 g/mol. The number of halogens is 1. The average Bonchev–Trinajstić information content (AvgIpc) is 2.85. The van der Waals surface area contributed by atoms with E-state index in [0.29, 0.717) is 6.04 Å². The van der Waals surface area contributed by atoms with Crippen LogP contribution in [0.3, 0.4) is 0 Å². The highest BCUT2D eigenvalue weighted by Gasteiger charge is 2.22. The number of thiophene rings is 1. The Hall–Kier alpha value is -1.10. The minimum absolute atomic E-state index is 0.0116. The van der Waals surface area contributed by atoms with E-state index in [2.05, 4.69) is 23.3 Å². The molecule has 0 bridgehead atoms. The number of fused-ring (bicyclic) bond motifs is 1. The van der Waals surface area contributed by atoms with Crippen LogP contribution in [-0.4, -0.2) is 4.98 Å². The Balaban J connectivity index is 1.81. The lowest BCUT2D eigenvalue weighted by molar-refractivity contribution is 0.414. The molecule has 0 spiro atoms. The van der Waals surface area contributed by atoms with Crippen LogP contribution in [0.4, 0.5) is 0 Å². The third kappa shape index (κ3) is 2.82. The summed E-state index contributed by atoms with van der Waals surface area (Å²) < 4.78 is 0.821. The lowest BCUT2D eigenvalue weighted by atomic mass is 9.91. The van der Waals surface area contributed by atoms with E-state index in [-0.39, 0.29) is 11.6 Å². The quantitative estimate of drug-likeness (QED) is 0.905. The Morgan fingerprint density at radius 1 is 1.40 bits per heavy atom. The SMILES string of the molecule is CC(NC1CCCc2[nH]c(=O)ccc21)c1ccc(Cl)s1. The van der Waals surface area contributed by atoms with Crippen molar-refractivity contribution < 1.29 is 0 Å². The topological polar surface area (TPSA) is 44.9 Å². The molecule has 3 nitrogen and oxygen atoms in total. The van der Waals surface area contributed by atoms with Gasteiger partial charge in [-0.05, 0) is 43.9 Å². The number of aromatic amines is 1. The third-order valence-corrected chi connectivity index (χ3v) is 5.22. The first-order chi connectivity index (χ1) is 9.63. The molecule has 2 N–H and O–H groups in total. The number of H-pyrrole nitrogens is 1. The second-order valence-electron chi connectivity index (χ2n) is 5.23. The van der Waals surface area contributed by atoms with E-state index in [1.165, 1.54) is 10.4 Å². The maximum atomic E-state index is 11.4. The zero-order valence-corrected chi connectivity index (χ0v) is 12.9. The molecular formula is C15H17ClN2OS. The van der Waals surface area contributed by atoms with Gasteiger partial charge in [0.1, 0.15) is 0 Å². The van der Waals surface area contributed by atoms with Gasteiger partial charge in [-0.1, -0.05) is 17.7 Å². The van der Waals surface area contributed by atoms with Gasteiger partial charge in [0.15, 0.2) is 0 Å². The van der Waals surface area contributed by atoms with Crippen molar-refractivity contribution in [2.45, 2.75) is 38.3 Å². The van der Waals surface area contributed by atoms with Crippen LogP contribution in [0.1, 0.15) is 48.0 Å². The Kier molecular flexibility index (Phi) is 3.96. The van der Waals surface area contributed by atoms with Gasteiger partial charge >= 0.3 is 0 Å². The first-order valence-corrected chi connectivity index (χ1v) is 8.06. The average molecular weight is 309 g/mol. The summed E-state index contributed by atoms with van der Waals surface area (Å²) in [6.07, 6.45) is 3.16. The predicted molar refractivity (Wildman–Crippen MR) is 83.6 cm³/mol. The van der Waals surface area contributed by atoms with Crippen LogP contribution in [-0.2, 0) is 6.42 Å². The van der Waals surface area contributed by atoms with Crippen molar-refractivity contribution in [3.05, 3.63) is 55.1 Å². The summed E-state index contributed by atoms with van der Waals surface area (Å²) in [5, 5.41) is 3.65. The molecule has 0 saturated heterocycles. The van der Waals surface area contributed by atoms with Gasteiger partial charge in [0, 0.05) is 28.7 Å². The van der Waals surface area contributed by atoms with Crippen molar-refractivity contribution in [2.24, 2.45) is 0 Å². The molecule has 2 atom stereocenters. The summed E-state index contributed by atoms with van der Waals surface area (Å²) in [5.74, 6) is 0. The van der Waals surface area contributed by atoms with Gasteiger partial charge in [0.2, 0.25) is 5.56 Å².